The largest absolute Gasteiger partial charge is 0.477 e. The zero-order valence-electron chi connectivity index (χ0n) is 17.7. The molecule has 166 valence electrons. The van der Waals surface area contributed by atoms with E-state index in [2.05, 4.69) is 22.9 Å². The first-order chi connectivity index (χ1) is 14.9. The van der Waals surface area contributed by atoms with Crippen molar-refractivity contribution >= 4 is 39.0 Å². The second-order valence-corrected chi connectivity index (χ2v) is 10.2. The zero-order valence-corrected chi connectivity index (χ0v) is 20.1. The molecule has 1 heterocycles. The first-order valence-corrected chi connectivity index (χ1v) is 12.5. The lowest BCUT2D eigenvalue weighted by molar-refractivity contribution is -0.117. The van der Waals surface area contributed by atoms with Crippen LogP contribution in [0.15, 0.2) is 47.0 Å². The van der Waals surface area contributed by atoms with Crippen LogP contribution in [0.5, 0.6) is 0 Å². The first-order valence-electron chi connectivity index (χ1n) is 10.9. The predicted octanol–water partition coefficient (Wildman–Crippen LogP) is 6.64. The van der Waals surface area contributed by atoms with Crippen molar-refractivity contribution in [1.82, 2.24) is 0 Å². The molecule has 1 aromatic heterocycles. The molecule has 0 spiro atoms. The number of aromatic carboxylic acids is 1. The molecular weight excluding hydrogens is 476 g/mol. The molecule has 2 unspecified atom stereocenters. The van der Waals surface area contributed by atoms with Crippen molar-refractivity contribution in [1.29, 1.82) is 0 Å². The average molecular weight is 505 g/mol. The molecule has 0 amide bonds. The highest BCUT2D eigenvalue weighted by Gasteiger charge is 2.35. The predicted molar refractivity (Wildman–Crippen MR) is 128 cm³/mol. The number of carbonyl (C=O) groups is 2. The van der Waals surface area contributed by atoms with E-state index in [1.54, 1.807) is 12.1 Å². The second kappa shape index (κ2) is 11.2. The number of unbranched alkanes of at least 4 members (excludes halogenated alkanes) is 2. The molecule has 4 nitrogen and oxygen atoms in total. The molecule has 0 fully saturated rings. The molecule has 6 heteroatoms. The van der Waals surface area contributed by atoms with Crippen LogP contribution in [-0.2, 0) is 11.2 Å². The molecule has 31 heavy (non-hydrogen) atoms. The lowest BCUT2D eigenvalue weighted by Crippen LogP contribution is -2.16. The highest BCUT2D eigenvalue weighted by atomic mass is 79.9. The van der Waals surface area contributed by atoms with Gasteiger partial charge in [-0.1, -0.05) is 66.4 Å². The Bertz CT molecular complexity index is 931. The van der Waals surface area contributed by atoms with Gasteiger partial charge in [0.2, 0.25) is 0 Å². The van der Waals surface area contributed by atoms with Crippen LogP contribution in [0.4, 0.5) is 0 Å². The molecule has 1 aliphatic carbocycles. The van der Waals surface area contributed by atoms with Gasteiger partial charge in [-0.05, 0) is 55.0 Å². The maximum atomic E-state index is 12.6. The Morgan fingerprint density at radius 1 is 1.13 bits per heavy atom. The lowest BCUT2D eigenvalue weighted by atomic mass is 9.84. The Balaban J connectivity index is 1.62. The van der Waals surface area contributed by atoms with E-state index in [4.69, 9.17) is 5.11 Å². The zero-order chi connectivity index (χ0) is 22.4. The minimum absolute atomic E-state index is 0.00306. The number of thiophene rings is 1. The van der Waals surface area contributed by atoms with Crippen LogP contribution < -0.4 is 0 Å². The van der Waals surface area contributed by atoms with Crippen molar-refractivity contribution in [3.8, 4) is 0 Å². The van der Waals surface area contributed by atoms with E-state index in [1.807, 2.05) is 30.3 Å². The Kier molecular flexibility index (Phi) is 8.64. The van der Waals surface area contributed by atoms with Gasteiger partial charge in [0.05, 0.1) is 6.10 Å². The third-order valence-electron chi connectivity index (χ3n) is 5.92. The van der Waals surface area contributed by atoms with Gasteiger partial charge in [0.25, 0.3) is 0 Å². The molecule has 2 N–H and O–H groups in total. The molecule has 3 rings (SSSR count). The monoisotopic (exact) mass is 504 g/mol. The van der Waals surface area contributed by atoms with Crippen molar-refractivity contribution in [2.24, 2.45) is 5.92 Å². The molecule has 1 aromatic carbocycles. The number of allylic oxidation sites excluding steroid dienone is 2. The number of carbonyl (C=O) groups excluding carboxylic acids is 1. The molecule has 0 aliphatic heterocycles. The third-order valence-corrected chi connectivity index (χ3v) is 7.77. The van der Waals surface area contributed by atoms with Gasteiger partial charge in [0.15, 0.2) is 5.78 Å². The van der Waals surface area contributed by atoms with Gasteiger partial charge < -0.3 is 10.2 Å². The summed E-state index contributed by atoms with van der Waals surface area (Å²) in [6, 6.07) is 11.5. The smallest absolute Gasteiger partial charge is 0.345 e. The number of aryl methyl sites for hydroxylation is 1. The van der Waals surface area contributed by atoms with E-state index in [-0.39, 0.29) is 17.6 Å². The molecule has 0 bridgehead atoms. The number of halogens is 1. The number of carboxylic acid groups (broad SMARTS) is 1. The number of aliphatic hydroxyl groups is 1. The SMILES string of the molecule is CCCCCC(O)c1ccc(C2C(Br)=CC(=O)[C@@H]2CCCc2ccc(C(=O)O)s2)cc1. The number of rotatable bonds is 11. The molecule has 3 atom stereocenters. The van der Waals surface area contributed by atoms with Crippen molar-refractivity contribution in [2.75, 3.05) is 0 Å². The summed E-state index contributed by atoms with van der Waals surface area (Å²) in [6.07, 6.45) is 7.65. The maximum absolute atomic E-state index is 12.6. The minimum atomic E-state index is -0.894. The summed E-state index contributed by atoms with van der Waals surface area (Å²) in [4.78, 5) is 25.0. The highest BCUT2D eigenvalue weighted by Crippen LogP contribution is 2.44. The van der Waals surface area contributed by atoms with E-state index in [0.29, 0.717) is 4.88 Å². The molecule has 0 saturated heterocycles. The fourth-order valence-corrected chi connectivity index (χ4v) is 5.89. The molecule has 0 saturated carbocycles. The number of benzene rings is 1. The van der Waals surface area contributed by atoms with Crippen molar-refractivity contribution < 1.29 is 19.8 Å². The topological polar surface area (TPSA) is 74.6 Å². The number of carboxylic acids is 1. The van der Waals surface area contributed by atoms with Crippen LogP contribution in [0.3, 0.4) is 0 Å². The van der Waals surface area contributed by atoms with E-state index in [1.165, 1.54) is 11.3 Å². The first kappa shape index (κ1) is 23.9. The van der Waals surface area contributed by atoms with Gasteiger partial charge in [-0.3, -0.25) is 4.79 Å². The summed E-state index contributed by atoms with van der Waals surface area (Å²) in [5.74, 6) is -0.877. The summed E-state index contributed by atoms with van der Waals surface area (Å²) < 4.78 is 0.906. The van der Waals surface area contributed by atoms with Crippen LogP contribution >= 0.6 is 27.3 Å². The third kappa shape index (κ3) is 6.15. The summed E-state index contributed by atoms with van der Waals surface area (Å²) >= 11 is 4.90. The van der Waals surface area contributed by atoms with Crippen LogP contribution in [0.2, 0.25) is 0 Å². The van der Waals surface area contributed by atoms with E-state index >= 15 is 0 Å². The van der Waals surface area contributed by atoms with Gasteiger partial charge in [-0.2, -0.15) is 0 Å². The van der Waals surface area contributed by atoms with Gasteiger partial charge >= 0.3 is 5.97 Å². The van der Waals surface area contributed by atoms with Crippen LogP contribution in [0.1, 0.15) is 83.1 Å². The highest BCUT2D eigenvalue weighted by molar-refractivity contribution is 9.11. The Morgan fingerprint density at radius 2 is 1.87 bits per heavy atom. The van der Waals surface area contributed by atoms with E-state index < -0.39 is 12.1 Å². The number of aliphatic hydroxyl groups excluding tert-OH is 1. The van der Waals surface area contributed by atoms with Crippen molar-refractivity contribution in [2.45, 2.75) is 63.9 Å². The van der Waals surface area contributed by atoms with Gasteiger partial charge in [0, 0.05) is 21.2 Å². The van der Waals surface area contributed by atoms with Gasteiger partial charge in [-0.25, -0.2) is 4.79 Å². The second-order valence-electron chi connectivity index (χ2n) is 8.16. The number of hydrogen-bond acceptors (Lipinski definition) is 4. The minimum Gasteiger partial charge on any atom is -0.477 e. The van der Waals surface area contributed by atoms with E-state index in [0.717, 1.165) is 65.4 Å². The fourth-order valence-electron chi connectivity index (χ4n) is 4.19. The van der Waals surface area contributed by atoms with E-state index in [9.17, 15) is 14.7 Å². The molecule has 1 aliphatic rings. The number of hydrogen-bond donors (Lipinski definition) is 2. The van der Waals surface area contributed by atoms with Crippen LogP contribution in [-0.4, -0.2) is 22.0 Å². The van der Waals surface area contributed by atoms with Crippen LogP contribution in [0.25, 0.3) is 0 Å². The van der Waals surface area contributed by atoms with Crippen LogP contribution in [0, 0.1) is 5.92 Å². The molecule has 0 radical (unpaired) electrons. The molecular formula is C25H29BrO4S. The van der Waals surface area contributed by atoms with Gasteiger partial charge in [0.1, 0.15) is 4.88 Å². The quantitative estimate of drug-likeness (QED) is 0.336. The number of ketones is 1. The average Bonchev–Trinajstić information content (AvgIpc) is 3.33. The Labute approximate surface area is 196 Å². The molecule has 2 aromatic rings. The maximum Gasteiger partial charge on any atom is 0.345 e. The summed E-state index contributed by atoms with van der Waals surface area (Å²) in [7, 11) is 0. The summed E-state index contributed by atoms with van der Waals surface area (Å²) in [6.45, 7) is 2.15. The van der Waals surface area contributed by atoms with Crippen molar-refractivity contribution in [3.05, 3.63) is 67.8 Å². The lowest BCUT2D eigenvalue weighted by Gasteiger charge is -2.21. The van der Waals surface area contributed by atoms with Gasteiger partial charge in [-0.15, -0.1) is 11.3 Å². The Hall–Kier alpha value is -1.76. The Morgan fingerprint density at radius 3 is 2.52 bits per heavy atom. The normalized spacial score (nSPS) is 19.5. The summed E-state index contributed by atoms with van der Waals surface area (Å²) in [5.41, 5.74) is 2.00. The fraction of sp³-hybridized carbons (Fsp3) is 0.440. The summed E-state index contributed by atoms with van der Waals surface area (Å²) in [5, 5.41) is 19.5. The standard InChI is InChI=1S/C25H29BrO4S/c1-2-3-4-8-21(27)16-9-11-17(12-10-16)24-19(22(28)15-20(24)26)7-5-6-18-13-14-23(31-18)25(29)30/h9-15,19,21,24,27H,2-8H2,1H3,(H,29,30)/t19-,21?,24?/m0/s1. The van der Waals surface area contributed by atoms with Crippen molar-refractivity contribution in [3.63, 3.8) is 0 Å².